The van der Waals surface area contributed by atoms with Crippen molar-refractivity contribution >= 4 is 18.1 Å². The first-order valence-electron chi connectivity index (χ1n) is 6.62. The summed E-state index contributed by atoms with van der Waals surface area (Å²) >= 11 is 0. The van der Waals surface area contributed by atoms with Gasteiger partial charge in [0.2, 0.25) is 12.3 Å². The Morgan fingerprint density at radius 2 is 1.80 bits per heavy atom. The Morgan fingerprint density at radius 1 is 1.25 bits per heavy atom. The largest absolute Gasteiger partial charge is 0.354 e. The average molecular weight is 289 g/mol. The SMILES string of the molecule is C.CC.CNCCCNC(=O)C(CC(C)=O)N(C)C=O. The molecule has 2 amide bonds. The third-order valence-electron chi connectivity index (χ3n) is 2.34. The van der Waals surface area contributed by atoms with E-state index in [1.54, 1.807) is 0 Å². The predicted octanol–water partition coefficient (Wildman–Crippen LogP) is 0.810. The highest BCUT2D eigenvalue weighted by atomic mass is 16.2. The molecule has 0 rings (SSSR count). The third kappa shape index (κ3) is 11.6. The predicted molar refractivity (Wildman–Crippen MR) is 82.5 cm³/mol. The topological polar surface area (TPSA) is 78.5 Å². The maximum absolute atomic E-state index is 11.8. The molecule has 6 heteroatoms. The standard InChI is InChI=1S/C11H21N3O3.C2H6.CH4/c1-9(16)7-10(14(3)8-15)11(17)13-6-4-5-12-2;1-2;/h8,10,12H,4-7H2,1-3H3,(H,13,17);1-2H3;1H4. The summed E-state index contributed by atoms with van der Waals surface area (Å²) in [5, 5.41) is 5.67. The third-order valence-corrected chi connectivity index (χ3v) is 2.34. The fraction of sp³-hybridized carbons (Fsp3) is 0.786. The van der Waals surface area contributed by atoms with Crippen LogP contribution in [0, 0.1) is 0 Å². The van der Waals surface area contributed by atoms with E-state index >= 15 is 0 Å². The van der Waals surface area contributed by atoms with E-state index in [0.717, 1.165) is 13.0 Å². The van der Waals surface area contributed by atoms with Crippen LogP contribution in [-0.4, -0.2) is 56.2 Å². The molecule has 1 atom stereocenters. The number of hydrogen-bond donors (Lipinski definition) is 2. The average Bonchev–Trinajstić information content (AvgIpc) is 2.42. The van der Waals surface area contributed by atoms with Crippen molar-refractivity contribution in [1.82, 2.24) is 15.5 Å². The number of rotatable bonds is 9. The molecule has 0 aromatic heterocycles. The summed E-state index contributed by atoms with van der Waals surface area (Å²) < 4.78 is 0. The molecular formula is C14H31N3O3. The van der Waals surface area contributed by atoms with Crippen LogP contribution in [0.1, 0.15) is 41.0 Å². The minimum absolute atomic E-state index is 0. The highest BCUT2D eigenvalue weighted by Crippen LogP contribution is 2.01. The van der Waals surface area contributed by atoms with Crippen LogP contribution in [-0.2, 0) is 14.4 Å². The zero-order valence-corrected chi connectivity index (χ0v) is 12.7. The number of amides is 2. The summed E-state index contributed by atoms with van der Waals surface area (Å²) in [5.74, 6) is -0.403. The molecule has 1 unspecified atom stereocenters. The van der Waals surface area contributed by atoms with Crippen LogP contribution in [0.4, 0.5) is 0 Å². The Hall–Kier alpha value is -1.43. The van der Waals surface area contributed by atoms with Gasteiger partial charge in [-0.25, -0.2) is 0 Å². The van der Waals surface area contributed by atoms with Crippen LogP contribution in [0.15, 0.2) is 0 Å². The van der Waals surface area contributed by atoms with E-state index in [9.17, 15) is 14.4 Å². The van der Waals surface area contributed by atoms with Gasteiger partial charge in [-0.15, -0.1) is 0 Å². The number of hydrogen-bond acceptors (Lipinski definition) is 4. The van der Waals surface area contributed by atoms with Crippen molar-refractivity contribution in [2.75, 3.05) is 27.2 Å². The number of carbonyl (C=O) groups excluding carboxylic acids is 3. The number of carbonyl (C=O) groups is 3. The van der Waals surface area contributed by atoms with Crippen LogP contribution < -0.4 is 10.6 Å². The summed E-state index contributed by atoms with van der Waals surface area (Å²) in [6.07, 6.45) is 1.41. The van der Waals surface area contributed by atoms with Gasteiger partial charge in [0.25, 0.3) is 0 Å². The molecule has 0 fully saturated rings. The molecular weight excluding hydrogens is 258 g/mol. The van der Waals surface area contributed by atoms with Gasteiger partial charge in [0.05, 0.1) is 0 Å². The van der Waals surface area contributed by atoms with Gasteiger partial charge in [0.15, 0.2) is 0 Å². The number of nitrogens with one attached hydrogen (secondary N) is 2. The molecule has 0 aliphatic heterocycles. The first-order chi connectivity index (χ1) is 9.02. The smallest absolute Gasteiger partial charge is 0.243 e. The molecule has 0 heterocycles. The van der Waals surface area contributed by atoms with Gasteiger partial charge in [-0.1, -0.05) is 21.3 Å². The van der Waals surface area contributed by atoms with Crippen molar-refractivity contribution in [3.8, 4) is 0 Å². The molecule has 0 aliphatic carbocycles. The van der Waals surface area contributed by atoms with Crippen molar-refractivity contribution in [2.24, 2.45) is 0 Å². The molecule has 0 saturated heterocycles. The van der Waals surface area contributed by atoms with E-state index in [1.165, 1.54) is 18.9 Å². The van der Waals surface area contributed by atoms with Crippen molar-refractivity contribution in [3.63, 3.8) is 0 Å². The van der Waals surface area contributed by atoms with Crippen LogP contribution in [0.5, 0.6) is 0 Å². The van der Waals surface area contributed by atoms with Crippen molar-refractivity contribution in [1.29, 1.82) is 0 Å². The first kappa shape index (κ1) is 23.6. The molecule has 20 heavy (non-hydrogen) atoms. The van der Waals surface area contributed by atoms with E-state index < -0.39 is 6.04 Å². The van der Waals surface area contributed by atoms with Gasteiger partial charge >= 0.3 is 0 Å². The van der Waals surface area contributed by atoms with Gasteiger partial charge in [0, 0.05) is 20.0 Å². The van der Waals surface area contributed by atoms with E-state index in [4.69, 9.17) is 0 Å². The minimum Gasteiger partial charge on any atom is -0.354 e. The monoisotopic (exact) mass is 289 g/mol. The fourth-order valence-electron chi connectivity index (χ4n) is 1.36. The minimum atomic E-state index is -0.709. The quantitative estimate of drug-likeness (QED) is 0.486. The van der Waals surface area contributed by atoms with Crippen molar-refractivity contribution < 1.29 is 14.4 Å². The molecule has 0 aromatic carbocycles. The molecule has 2 N–H and O–H groups in total. The second-order valence-electron chi connectivity index (χ2n) is 3.94. The Labute approximate surface area is 123 Å². The lowest BCUT2D eigenvalue weighted by molar-refractivity contribution is -0.134. The van der Waals surface area contributed by atoms with Crippen LogP contribution in [0.3, 0.4) is 0 Å². The lowest BCUT2D eigenvalue weighted by atomic mass is 10.1. The highest BCUT2D eigenvalue weighted by Gasteiger charge is 2.23. The second-order valence-corrected chi connectivity index (χ2v) is 3.94. The van der Waals surface area contributed by atoms with Gasteiger partial charge < -0.3 is 15.5 Å². The molecule has 0 saturated carbocycles. The Balaban J connectivity index is -0.000000916. The van der Waals surface area contributed by atoms with E-state index in [1.807, 2.05) is 20.9 Å². The van der Waals surface area contributed by atoms with E-state index in [0.29, 0.717) is 13.0 Å². The lowest BCUT2D eigenvalue weighted by Gasteiger charge is -2.22. The Morgan fingerprint density at radius 3 is 2.20 bits per heavy atom. The molecule has 0 bridgehead atoms. The summed E-state index contributed by atoms with van der Waals surface area (Å²) in [6.45, 7) is 6.74. The van der Waals surface area contributed by atoms with Gasteiger partial charge in [-0.05, 0) is 26.9 Å². The number of ketones is 1. The normalized spacial score (nSPS) is 10.2. The van der Waals surface area contributed by atoms with Crippen LogP contribution in [0.25, 0.3) is 0 Å². The van der Waals surface area contributed by atoms with Gasteiger partial charge in [-0.3, -0.25) is 14.4 Å². The zero-order chi connectivity index (χ0) is 15.3. The summed E-state index contributed by atoms with van der Waals surface area (Å²) in [6, 6.07) is -0.709. The van der Waals surface area contributed by atoms with Gasteiger partial charge in [-0.2, -0.15) is 0 Å². The Kier molecular flexibility index (Phi) is 18.5. The molecule has 0 aromatic rings. The maximum atomic E-state index is 11.8. The molecule has 0 aliphatic rings. The first-order valence-corrected chi connectivity index (χ1v) is 6.62. The second kappa shape index (κ2) is 15.6. The van der Waals surface area contributed by atoms with Crippen molar-refractivity contribution in [2.45, 2.75) is 47.1 Å². The number of Topliss-reactive ketones (excluding diaryl/α,β-unsaturated/α-hetero) is 1. The molecule has 6 nitrogen and oxygen atoms in total. The summed E-state index contributed by atoms with van der Waals surface area (Å²) in [4.78, 5) is 34.6. The van der Waals surface area contributed by atoms with E-state index in [2.05, 4.69) is 10.6 Å². The highest BCUT2D eigenvalue weighted by molar-refractivity contribution is 5.89. The molecule has 120 valence electrons. The van der Waals surface area contributed by atoms with Gasteiger partial charge in [0.1, 0.15) is 11.8 Å². The maximum Gasteiger partial charge on any atom is 0.243 e. The summed E-state index contributed by atoms with van der Waals surface area (Å²) in [7, 11) is 3.33. The van der Waals surface area contributed by atoms with Crippen LogP contribution in [0.2, 0.25) is 0 Å². The number of nitrogens with zero attached hydrogens (tertiary/aromatic N) is 1. The summed E-state index contributed by atoms with van der Waals surface area (Å²) in [5.41, 5.74) is 0. The molecule has 0 spiro atoms. The molecule has 0 radical (unpaired) electrons. The zero-order valence-electron chi connectivity index (χ0n) is 12.7. The van der Waals surface area contributed by atoms with E-state index in [-0.39, 0.29) is 25.5 Å². The lowest BCUT2D eigenvalue weighted by Crippen LogP contribution is -2.46. The Bertz CT molecular complexity index is 270. The van der Waals surface area contributed by atoms with Crippen molar-refractivity contribution in [3.05, 3.63) is 0 Å². The van der Waals surface area contributed by atoms with Crippen LogP contribution >= 0.6 is 0 Å². The fourth-order valence-corrected chi connectivity index (χ4v) is 1.36. The number of likely N-dealkylation sites (N-methyl/N-ethyl adjacent to an activating group) is 1.